The lowest BCUT2D eigenvalue weighted by Gasteiger charge is -2.40. The fourth-order valence-electron chi connectivity index (χ4n) is 3.17. The van der Waals surface area contributed by atoms with Crippen LogP contribution >= 0.6 is 0 Å². The van der Waals surface area contributed by atoms with Crippen molar-refractivity contribution >= 4 is 0 Å². The molecule has 0 spiro atoms. The van der Waals surface area contributed by atoms with Gasteiger partial charge in [-0.2, -0.15) is 13.2 Å². The van der Waals surface area contributed by atoms with E-state index < -0.39 is 11.7 Å². The van der Waals surface area contributed by atoms with Crippen molar-refractivity contribution in [3.63, 3.8) is 0 Å². The van der Waals surface area contributed by atoms with Crippen molar-refractivity contribution < 1.29 is 13.2 Å². The molecule has 0 aromatic heterocycles. The van der Waals surface area contributed by atoms with E-state index in [0.717, 1.165) is 25.3 Å². The molecule has 1 aromatic rings. The smallest absolute Gasteiger partial charge is 0.325 e. The molecule has 0 saturated heterocycles. The van der Waals surface area contributed by atoms with Gasteiger partial charge < -0.3 is 5.73 Å². The topological polar surface area (TPSA) is 26.0 Å². The third-order valence-electron chi connectivity index (χ3n) is 4.61. The SMILES string of the molecule is CC1CCC(N)(Cc2cccc(C(F)(F)F)c2)CC1C. The summed E-state index contributed by atoms with van der Waals surface area (Å²) in [6.07, 6.45) is -0.948. The van der Waals surface area contributed by atoms with E-state index in [1.807, 2.05) is 0 Å². The van der Waals surface area contributed by atoms with Gasteiger partial charge in [0, 0.05) is 5.54 Å². The predicted octanol–water partition coefficient (Wildman–Crippen LogP) is 4.40. The van der Waals surface area contributed by atoms with Crippen molar-refractivity contribution in [1.82, 2.24) is 0 Å². The van der Waals surface area contributed by atoms with E-state index in [2.05, 4.69) is 13.8 Å². The normalized spacial score (nSPS) is 31.3. The lowest BCUT2D eigenvalue weighted by Crippen LogP contribution is -2.47. The van der Waals surface area contributed by atoms with Crippen LogP contribution in [-0.4, -0.2) is 5.54 Å². The summed E-state index contributed by atoms with van der Waals surface area (Å²) in [5.41, 5.74) is 6.15. The Hall–Kier alpha value is -1.03. The highest BCUT2D eigenvalue weighted by molar-refractivity contribution is 5.27. The molecule has 2 N–H and O–H groups in total. The highest BCUT2D eigenvalue weighted by atomic mass is 19.4. The number of rotatable bonds is 2. The highest BCUT2D eigenvalue weighted by Crippen LogP contribution is 2.37. The van der Waals surface area contributed by atoms with Crippen LogP contribution in [0.4, 0.5) is 13.2 Å². The average molecular weight is 285 g/mol. The Labute approximate surface area is 118 Å². The second-order valence-corrected chi connectivity index (χ2v) is 6.43. The van der Waals surface area contributed by atoms with Crippen LogP contribution in [0.5, 0.6) is 0 Å². The first-order valence-electron chi connectivity index (χ1n) is 7.15. The van der Waals surface area contributed by atoms with Crippen LogP contribution in [-0.2, 0) is 12.6 Å². The van der Waals surface area contributed by atoms with E-state index in [1.165, 1.54) is 12.1 Å². The van der Waals surface area contributed by atoms with E-state index in [4.69, 9.17) is 5.73 Å². The molecular formula is C16H22F3N. The van der Waals surface area contributed by atoms with Crippen LogP contribution < -0.4 is 5.73 Å². The van der Waals surface area contributed by atoms with Crippen molar-refractivity contribution in [2.45, 2.75) is 51.2 Å². The van der Waals surface area contributed by atoms with Gasteiger partial charge in [0.25, 0.3) is 0 Å². The molecule has 1 nitrogen and oxygen atoms in total. The summed E-state index contributed by atoms with van der Waals surface area (Å²) in [6.45, 7) is 4.39. The van der Waals surface area contributed by atoms with E-state index in [0.29, 0.717) is 23.8 Å². The average Bonchev–Trinajstić information content (AvgIpc) is 2.33. The Morgan fingerprint density at radius 1 is 1.25 bits per heavy atom. The van der Waals surface area contributed by atoms with Crippen molar-refractivity contribution in [1.29, 1.82) is 0 Å². The summed E-state index contributed by atoms with van der Waals surface area (Å²) in [7, 11) is 0. The molecule has 20 heavy (non-hydrogen) atoms. The van der Waals surface area contributed by atoms with E-state index in [1.54, 1.807) is 6.07 Å². The van der Waals surface area contributed by atoms with Crippen molar-refractivity contribution in [3.8, 4) is 0 Å². The standard InChI is InChI=1S/C16H22F3N/c1-11-6-7-15(20,9-12(11)2)10-13-4-3-5-14(8-13)16(17,18)19/h3-5,8,11-12H,6-7,9-10,20H2,1-2H3. The predicted molar refractivity (Wildman–Crippen MR) is 74.2 cm³/mol. The monoisotopic (exact) mass is 285 g/mol. The van der Waals surface area contributed by atoms with Gasteiger partial charge in [-0.05, 0) is 49.1 Å². The Bertz CT molecular complexity index is 469. The Morgan fingerprint density at radius 3 is 2.55 bits per heavy atom. The van der Waals surface area contributed by atoms with Crippen LogP contribution in [0.25, 0.3) is 0 Å². The minimum atomic E-state index is -4.29. The first-order valence-corrected chi connectivity index (χ1v) is 7.15. The third-order valence-corrected chi connectivity index (χ3v) is 4.61. The van der Waals surface area contributed by atoms with Crippen LogP contribution in [0.15, 0.2) is 24.3 Å². The molecule has 112 valence electrons. The zero-order valence-corrected chi connectivity index (χ0v) is 12.0. The fraction of sp³-hybridized carbons (Fsp3) is 0.625. The van der Waals surface area contributed by atoms with Gasteiger partial charge in [0.05, 0.1) is 5.56 Å². The molecule has 1 aliphatic rings. The second kappa shape index (κ2) is 5.40. The molecule has 0 bridgehead atoms. The lowest BCUT2D eigenvalue weighted by molar-refractivity contribution is -0.137. The third kappa shape index (κ3) is 3.54. The molecule has 3 atom stereocenters. The molecule has 4 heteroatoms. The summed E-state index contributed by atoms with van der Waals surface area (Å²) in [5, 5.41) is 0. The van der Waals surface area contributed by atoms with Gasteiger partial charge >= 0.3 is 6.18 Å². The van der Waals surface area contributed by atoms with Gasteiger partial charge in [-0.15, -0.1) is 0 Å². The van der Waals surface area contributed by atoms with Gasteiger partial charge in [-0.1, -0.05) is 32.0 Å². The molecule has 2 rings (SSSR count). The van der Waals surface area contributed by atoms with Crippen LogP contribution in [0.2, 0.25) is 0 Å². The minimum absolute atomic E-state index is 0.365. The molecule has 1 saturated carbocycles. The summed E-state index contributed by atoms with van der Waals surface area (Å²) < 4.78 is 38.2. The second-order valence-electron chi connectivity index (χ2n) is 6.43. The van der Waals surface area contributed by atoms with Crippen molar-refractivity contribution in [3.05, 3.63) is 35.4 Å². The number of hydrogen-bond acceptors (Lipinski definition) is 1. The highest BCUT2D eigenvalue weighted by Gasteiger charge is 2.35. The molecule has 0 radical (unpaired) electrons. The number of hydrogen-bond donors (Lipinski definition) is 1. The maximum absolute atomic E-state index is 12.7. The van der Waals surface area contributed by atoms with Gasteiger partial charge in [-0.3, -0.25) is 0 Å². The fourth-order valence-corrected chi connectivity index (χ4v) is 3.17. The summed E-state index contributed by atoms with van der Waals surface area (Å²) in [4.78, 5) is 0. The largest absolute Gasteiger partial charge is 0.416 e. The molecule has 1 fully saturated rings. The van der Waals surface area contributed by atoms with Crippen molar-refractivity contribution in [2.75, 3.05) is 0 Å². The zero-order chi connectivity index (χ0) is 15.0. The van der Waals surface area contributed by atoms with Gasteiger partial charge in [0.15, 0.2) is 0 Å². The first kappa shape index (κ1) is 15.4. The summed E-state index contributed by atoms with van der Waals surface area (Å²) >= 11 is 0. The quantitative estimate of drug-likeness (QED) is 0.856. The van der Waals surface area contributed by atoms with Gasteiger partial charge in [0.2, 0.25) is 0 Å². The lowest BCUT2D eigenvalue weighted by atomic mass is 9.69. The molecule has 3 unspecified atom stereocenters. The number of alkyl halides is 3. The van der Waals surface area contributed by atoms with Crippen LogP contribution in [0.3, 0.4) is 0 Å². The van der Waals surface area contributed by atoms with E-state index in [-0.39, 0.29) is 5.54 Å². The van der Waals surface area contributed by atoms with Crippen LogP contribution in [0, 0.1) is 11.8 Å². The van der Waals surface area contributed by atoms with Crippen molar-refractivity contribution in [2.24, 2.45) is 17.6 Å². The molecule has 0 amide bonds. The molecule has 1 aromatic carbocycles. The van der Waals surface area contributed by atoms with E-state index >= 15 is 0 Å². The number of nitrogens with two attached hydrogens (primary N) is 1. The van der Waals surface area contributed by atoms with E-state index in [9.17, 15) is 13.2 Å². The van der Waals surface area contributed by atoms with Crippen LogP contribution in [0.1, 0.15) is 44.2 Å². The Morgan fingerprint density at radius 2 is 1.95 bits per heavy atom. The Kier molecular flexibility index (Phi) is 4.14. The number of halogens is 3. The molecule has 0 aliphatic heterocycles. The maximum Gasteiger partial charge on any atom is 0.416 e. The molecular weight excluding hydrogens is 263 g/mol. The number of benzene rings is 1. The zero-order valence-electron chi connectivity index (χ0n) is 12.0. The first-order chi connectivity index (χ1) is 9.20. The summed E-state index contributed by atoms with van der Waals surface area (Å²) in [6, 6.07) is 5.55. The Balaban J connectivity index is 2.14. The van der Waals surface area contributed by atoms with Gasteiger partial charge in [0.1, 0.15) is 0 Å². The minimum Gasteiger partial charge on any atom is -0.325 e. The maximum atomic E-state index is 12.7. The summed E-state index contributed by atoms with van der Waals surface area (Å²) in [5.74, 6) is 1.17. The molecule has 1 aliphatic carbocycles. The molecule has 0 heterocycles. The van der Waals surface area contributed by atoms with Gasteiger partial charge in [-0.25, -0.2) is 0 Å².